The summed E-state index contributed by atoms with van der Waals surface area (Å²) in [7, 11) is 0. The second kappa shape index (κ2) is 8.55. The quantitative estimate of drug-likeness (QED) is 0.670. The fourth-order valence-electron chi connectivity index (χ4n) is 3.78. The highest BCUT2D eigenvalue weighted by atomic mass is 16.5. The Morgan fingerprint density at radius 3 is 2.70 bits per heavy atom. The van der Waals surface area contributed by atoms with Gasteiger partial charge in [-0.3, -0.25) is 0 Å². The SMILES string of the molecule is OC(CNC1CCCCC1)COc1cccc2c1cnn2-c1ccccc1. The van der Waals surface area contributed by atoms with Crippen LogP contribution in [0.5, 0.6) is 5.75 Å². The van der Waals surface area contributed by atoms with Gasteiger partial charge in [0, 0.05) is 12.6 Å². The molecule has 27 heavy (non-hydrogen) atoms. The lowest BCUT2D eigenvalue weighted by Crippen LogP contribution is -2.38. The Balaban J connectivity index is 1.39. The van der Waals surface area contributed by atoms with Crippen LogP contribution in [0.25, 0.3) is 16.6 Å². The number of nitrogens with zero attached hydrogens (tertiary/aromatic N) is 2. The Morgan fingerprint density at radius 1 is 1.07 bits per heavy atom. The van der Waals surface area contributed by atoms with Crippen LogP contribution in [-0.4, -0.2) is 40.2 Å². The highest BCUT2D eigenvalue weighted by Crippen LogP contribution is 2.27. The number of benzene rings is 2. The van der Waals surface area contributed by atoms with Crippen molar-refractivity contribution in [3.05, 3.63) is 54.7 Å². The Bertz CT molecular complexity index is 856. The molecule has 5 nitrogen and oxygen atoms in total. The average molecular weight is 365 g/mol. The van der Waals surface area contributed by atoms with Crippen LogP contribution in [0, 0.1) is 0 Å². The summed E-state index contributed by atoms with van der Waals surface area (Å²) in [4.78, 5) is 0. The molecule has 1 aliphatic rings. The van der Waals surface area contributed by atoms with Crippen LogP contribution in [0.15, 0.2) is 54.7 Å². The minimum atomic E-state index is -0.522. The molecule has 3 aromatic rings. The van der Waals surface area contributed by atoms with Crippen molar-refractivity contribution in [1.82, 2.24) is 15.1 Å². The van der Waals surface area contributed by atoms with Crippen LogP contribution in [0.3, 0.4) is 0 Å². The third kappa shape index (κ3) is 4.31. The molecule has 1 fully saturated rings. The molecule has 0 bridgehead atoms. The van der Waals surface area contributed by atoms with Crippen molar-refractivity contribution in [3.8, 4) is 11.4 Å². The molecule has 142 valence electrons. The summed E-state index contributed by atoms with van der Waals surface area (Å²) in [5, 5.41) is 19.2. The second-order valence-electron chi connectivity index (χ2n) is 7.29. The van der Waals surface area contributed by atoms with E-state index in [9.17, 15) is 5.11 Å². The molecule has 5 heteroatoms. The van der Waals surface area contributed by atoms with Gasteiger partial charge in [0.25, 0.3) is 0 Å². The minimum absolute atomic E-state index is 0.273. The van der Waals surface area contributed by atoms with Gasteiger partial charge >= 0.3 is 0 Å². The van der Waals surface area contributed by atoms with Gasteiger partial charge in [-0.25, -0.2) is 4.68 Å². The minimum Gasteiger partial charge on any atom is -0.490 e. The monoisotopic (exact) mass is 365 g/mol. The Labute approximate surface area is 160 Å². The third-order valence-corrected chi connectivity index (χ3v) is 5.25. The number of nitrogens with one attached hydrogen (secondary N) is 1. The number of aromatic nitrogens is 2. The van der Waals surface area contributed by atoms with E-state index in [-0.39, 0.29) is 6.61 Å². The van der Waals surface area contributed by atoms with Crippen molar-refractivity contribution in [1.29, 1.82) is 0 Å². The predicted molar refractivity (Wildman–Crippen MR) is 107 cm³/mol. The van der Waals surface area contributed by atoms with Gasteiger partial charge in [0.1, 0.15) is 18.5 Å². The van der Waals surface area contributed by atoms with E-state index in [4.69, 9.17) is 4.74 Å². The first-order valence-corrected chi connectivity index (χ1v) is 9.88. The van der Waals surface area contributed by atoms with E-state index in [0.29, 0.717) is 12.6 Å². The molecule has 0 spiro atoms. The van der Waals surface area contributed by atoms with Crippen molar-refractivity contribution in [3.63, 3.8) is 0 Å². The molecule has 1 saturated carbocycles. The van der Waals surface area contributed by atoms with Crippen LogP contribution >= 0.6 is 0 Å². The Hall–Kier alpha value is -2.37. The standard InChI is InChI=1S/C22H27N3O2/c26-19(14-23-17-8-3-1-4-9-17)16-27-22-13-7-12-21-20(22)15-24-25(21)18-10-5-2-6-11-18/h2,5-7,10-13,15,17,19,23,26H,1,3-4,8-9,14,16H2. The van der Waals surface area contributed by atoms with E-state index in [1.165, 1.54) is 32.1 Å². The summed E-state index contributed by atoms with van der Waals surface area (Å²) in [6.07, 6.45) is 7.65. The summed E-state index contributed by atoms with van der Waals surface area (Å²) >= 11 is 0. The molecular formula is C22H27N3O2. The topological polar surface area (TPSA) is 59.3 Å². The van der Waals surface area contributed by atoms with Crippen molar-refractivity contribution >= 4 is 10.9 Å². The number of para-hydroxylation sites is 1. The number of hydrogen-bond acceptors (Lipinski definition) is 4. The first kappa shape index (κ1) is 18.0. The zero-order valence-corrected chi connectivity index (χ0v) is 15.6. The van der Waals surface area contributed by atoms with Crippen molar-refractivity contribution in [2.24, 2.45) is 0 Å². The van der Waals surface area contributed by atoms with Gasteiger partial charge in [-0.2, -0.15) is 5.10 Å². The zero-order valence-electron chi connectivity index (χ0n) is 15.6. The molecule has 0 aliphatic heterocycles. The summed E-state index contributed by atoms with van der Waals surface area (Å²) in [5.41, 5.74) is 2.01. The lowest BCUT2D eigenvalue weighted by atomic mass is 9.95. The van der Waals surface area contributed by atoms with Gasteiger partial charge in [-0.15, -0.1) is 0 Å². The summed E-state index contributed by atoms with van der Waals surface area (Å²) in [5.74, 6) is 0.756. The molecule has 1 aliphatic carbocycles. The lowest BCUT2D eigenvalue weighted by molar-refractivity contribution is 0.102. The van der Waals surface area contributed by atoms with E-state index in [2.05, 4.69) is 10.4 Å². The molecule has 0 radical (unpaired) electrons. The summed E-state index contributed by atoms with van der Waals surface area (Å²) in [6.45, 7) is 0.846. The Morgan fingerprint density at radius 2 is 1.89 bits per heavy atom. The van der Waals surface area contributed by atoms with E-state index in [1.807, 2.05) is 59.4 Å². The van der Waals surface area contributed by atoms with Gasteiger partial charge in [0.2, 0.25) is 0 Å². The highest BCUT2D eigenvalue weighted by molar-refractivity contribution is 5.86. The number of aliphatic hydroxyl groups is 1. The van der Waals surface area contributed by atoms with Gasteiger partial charge in [0.05, 0.1) is 22.8 Å². The van der Waals surface area contributed by atoms with Gasteiger partial charge in [0.15, 0.2) is 0 Å². The smallest absolute Gasteiger partial charge is 0.130 e. The summed E-state index contributed by atoms with van der Waals surface area (Å²) < 4.78 is 7.83. The van der Waals surface area contributed by atoms with Gasteiger partial charge < -0.3 is 15.2 Å². The van der Waals surface area contributed by atoms with Crippen molar-refractivity contribution in [2.75, 3.05) is 13.2 Å². The first-order chi connectivity index (χ1) is 13.3. The van der Waals surface area contributed by atoms with Crippen LogP contribution in [0.1, 0.15) is 32.1 Å². The Kier molecular flexibility index (Phi) is 5.70. The first-order valence-electron chi connectivity index (χ1n) is 9.88. The van der Waals surface area contributed by atoms with E-state index < -0.39 is 6.10 Å². The maximum atomic E-state index is 10.3. The average Bonchev–Trinajstić information content (AvgIpc) is 3.17. The van der Waals surface area contributed by atoms with Crippen LogP contribution in [-0.2, 0) is 0 Å². The molecule has 4 rings (SSSR count). The van der Waals surface area contributed by atoms with Crippen LogP contribution < -0.4 is 10.1 Å². The molecule has 2 N–H and O–H groups in total. The number of hydrogen-bond donors (Lipinski definition) is 2. The second-order valence-corrected chi connectivity index (χ2v) is 7.29. The number of fused-ring (bicyclic) bond motifs is 1. The fraction of sp³-hybridized carbons (Fsp3) is 0.409. The summed E-state index contributed by atoms with van der Waals surface area (Å²) in [6, 6.07) is 16.5. The molecular weight excluding hydrogens is 338 g/mol. The largest absolute Gasteiger partial charge is 0.490 e. The van der Waals surface area contributed by atoms with Gasteiger partial charge in [-0.05, 0) is 37.1 Å². The highest BCUT2D eigenvalue weighted by Gasteiger charge is 2.15. The van der Waals surface area contributed by atoms with E-state index >= 15 is 0 Å². The maximum Gasteiger partial charge on any atom is 0.130 e. The molecule has 1 aromatic heterocycles. The number of aliphatic hydroxyl groups excluding tert-OH is 1. The molecule has 1 atom stereocenters. The third-order valence-electron chi connectivity index (χ3n) is 5.25. The van der Waals surface area contributed by atoms with Crippen molar-refractivity contribution in [2.45, 2.75) is 44.2 Å². The van der Waals surface area contributed by atoms with Crippen LogP contribution in [0.4, 0.5) is 0 Å². The van der Waals surface area contributed by atoms with Crippen molar-refractivity contribution < 1.29 is 9.84 Å². The normalized spacial score (nSPS) is 16.5. The zero-order chi connectivity index (χ0) is 18.5. The lowest BCUT2D eigenvalue weighted by Gasteiger charge is -2.24. The molecule has 2 aromatic carbocycles. The van der Waals surface area contributed by atoms with Gasteiger partial charge in [-0.1, -0.05) is 43.5 Å². The number of rotatable bonds is 7. The van der Waals surface area contributed by atoms with E-state index in [0.717, 1.165) is 22.3 Å². The molecule has 1 unspecified atom stereocenters. The maximum absolute atomic E-state index is 10.3. The van der Waals surface area contributed by atoms with E-state index in [1.54, 1.807) is 0 Å². The van der Waals surface area contributed by atoms with Crippen LogP contribution in [0.2, 0.25) is 0 Å². The number of ether oxygens (including phenoxy) is 1. The predicted octanol–water partition coefficient (Wildman–Crippen LogP) is 3.69. The molecule has 0 amide bonds. The fourth-order valence-corrected chi connectivity index (χ4v) is 3.78. The molecule has 0 saturated heterocycles. The molecule has 1 heterocycles.